The lowest BCUT2D eigenvalue weighted by Crippen LogP contribution is -2.36. The maximum absolute atomic E-state index is 11.8. The Labute approximate surface area is 128 Å². The van der Waals surface area contributed by atoms with E-state index in [9.17, 15) is 14.4 Å². The van der Waals surface area contributed by atoms with E-state index in [0.717, 1.165) is 0 Å². The Bertz CT molecular complexity index is 517. The maximum Gasteiger partial charge on any atom is 0.243 e. The summed E-state index contributed by atoms with van der Waals surface area (Å²) in [6, 6.07) is 6.69. The number of carbonyl (C=O) groups excluding carboxylic acids is 3. The maximum atomic E-state index is 11.8. The van der Waals surface area contributed by atoms with Crippen LogP contribution in [0.5, 0.6) is 0 Å². The molecule has 0 atom stereocenters. The standard InChI is InChI=1S/C14H18ClN3O3/c1-10(19)16-8-7-14(21)18(2)9-13(20)17-12-5-3-11(15)4-6-12/h3-6H,7-9H2,1-2H3,(H,16,19)(H,17,20). The van der Waals surface area contributed by atoms with Crippen LogP contribution in [0.3, 0.4) is 0 Å². The summed E-state index contributed by atoms with van der Waals surface area (Å²) in [5.41, 5.74) is 0.614. The first-order valence-corrected chi connectivity index (χ1v) is 6.80. The SMILES string of the molecule is CC(=O)NCCC(=O)N(C)CC(=O)Nc1ccc(Cl)cc1. The van der Waals surface area contributed by atoms with Gasteiger partial charge in [-0.15, -0.1) is 0 Å². The van der Waals surface area contributed by atoms with Crippen LogP contribution < -0.4 is 10.6 Å². The van der Waals surface area contributed by atoms with Crippen LogP contribution in [0.4, 0.5) is 5.69 Å². The Kier molecular flexibility index (Phi) is 6.68. The van der Waals surface area contributed by atoms with E-state index in [-0.39, 0.29) is 37.2 Å². The van der Waals surface area contributed by atoms with Crippen molar-refractivity contribution in [3.05, 3.63) is 29.3 Å². The zero-order chi connectivity index (χ0) is 15.8. The van der Waals surface area contributed by atoms with E-state index in [2.05, 4.69) is 10.6 Å². The second-order valence-corrected chi connectivity index (χ2v) is 4.97. The number of halogens is 1. The predicted octanol–water partition coefficient (Wildman–Crippen LogP) is 1.26. The molecule has 0 spiro atoms. The molecule has 0 fully saturated rings. The molecule has 0 saturated carbocycles. The minimum Gasteiger partial charge on any atom is -0.356 e. The van der Waals surface area contributed by atoms with Gasteiger partial charge in [-0.25, -0.2) is 0 Å². The van der Waals surface area contributed by atoms with Crippen LogP contribution in [0.25, 0.3) is 0 Å². The van der Waals surface area contributed by atoms with Crippen molar-refractivity contribution in [2.45, 2.75) is 13.3 Å². The summed E-state index contributed by atoms with van der Waals surface area (Å²) in [6.45, 7) is 1.59. The fourth-order valence-corrected chi connectivity index (χ4v) is 1.70. The molecule has 0 aromatic heterocycles. The molecule has 21 heavy (non-hydrogen) atoms. The third-order valence-corrected chi connectivity index (χ3v) is 2.90. The Morgan fingerprint density at radius 1 is 1.19 bits per heavy atom. The second-order valence-electron chi connectivity index (χ2n) is 4.54. The Balaban J connectivity index is 2.37. The summed E-state index contributed by atoms with van der Waals surface area (Å²) in [5.74, 6) is -0.700. The molecule has 6 nitrogen and oxygen atoms in total. The zero-order valence-corrected chi connectivity index (χ0v) is 12.7. The molecule has 0 radical (unpaired) electrons. The van der Waals surface area contributed by atoms with Gasteiger partial charge in [-0.3, -0.25) is 14.4 Å². The van der Waals surface area contributed by atoms with Crippen molar-refractivity contribution in [1.82, 2.24) is 10.2 Å². The third-order valence-electron chi connectivity index (χ3n) is 2.65. The summed E-state index contributed by atoms with van der Waals surface area (Å²) in [5, 5.41) is 5.78. The number of hydrogen-bond acceptors (Lipinski definition) is 3. The first-order chi connectivity index (χ1) is 9.88. The largest absolute Gasteiger partial charge is 0.356 e. The molecule has 7 heteroatoms. The number of amides is 3. The molecule has 1 rings (SSSR count). The normalized spacial score (nSPS) is 9.86. The number of nitrogens with zero attached hydrogens (tertiary/aromatic N) is 1. The van der Waals surface area contributed by atoms with E-state index >= 15 is 0 Å². The van der Waals surface area contributed by atoms with Crippen LogP contribution in [0.1, 0.15) is 13.3 Å². The first kappa shape index (κ1) is 17.0. The van der Waals surface area contributed by atoms with Crippen LogP contribution in [-0.4, -0.2) is 42.8 Å². The molecule has 0 unspecified atom stereocenters. The van der Waals surface area contributed by atoms with Gasteiger partial charge in [0.05, 0.1) is 6.54 Å². The molecular formula is C14H18ClN3O3. The number of nitrogens with one attached hydrogen (secondary N) is 2. The van der Waals surface area contributed by atoms with Crippen LogP contribution in [0.15, 0.2) is 24.3 Å². The topological polar surface area (TPSA) is 78.5 Å². The molecule has 0 bridgehead atoms. The van der Waals surface area contributed by atoms with Crippen molar-refractivity contribution >= 4 is 35.0 Å². The van der Waals surface area contributed by atoms with Gasteiger partial charge in [-0.1, -0.05) is 11.6 Å². The summed E-state index contributed by atoms with van der Waals surface area (Å²) in [7, 11) is 1.54. The van der Waals surface area contributed by atoms with Gasteiger partial charge in [0.15, 0.2) is 0 Å². The predicted molar refractivity (Wildman–Crippen MR) is 81.0 cm³/mol. The van der Waals surface area contributed by atoms with E-state index in [1.807, 2.05) is 0 Å². The van der Waals surface area contributed by atoms with Gasteiger partial charge in [0.25, 0.3) is 0 Å². The summed E-state index contributed by atoms with van der Waals surface area (Å²) >= 11 is 5.75. The molecule has 0 aliphatic heterocycles. The Hall–Kier alpha value is -2.08. The van der Waals surface area contributed by atoms with E-state index in [1.54, 1.807) is 24.3 Å². The fraction of sp³-hybridized carbons (Fsp3) is 0.357. The van der Waals surface area contributed by atoms with E-state index in [1.165, 1.54) is 18.9 Å². The van der Waals surface area contributed by atoms with E-state index in [4.69, 9.17) is 11.6 Å². The van der Waals surface area contributed by atoms with Crippen molar-refractivity contribution in [2.24, 2.45) is 0 Å². The molecule has 1 aromatic rings. The summed E-state index contributed by atoms with van der Waals surface area (Å²) in [4.78, 5) is 35.5. The molecule has 0 heterocycles. The average Bonchev–Trinajstić information content (AvgIpc) is 2.40. The highest BCUT2D eigenvalue weighted by Gasteiger charge is 2.12. The zero-order valence-electron chi connectivity index (χ0n) is 12.0. The molecule has 114 valence electrons. The molecule has 2 N–H and O–H groups in total. The lowest BCUT2D eigenvalue weighted by Gasteiger charge is -2.17. The van der Waals surface area contributed by atoms with Gasteiger partial charge in [-0.2, -0.15) is 0 Å². The van der Waals surface area contributed by atoms with Crippen LogP contribution in [0.2, 0.25) is 5.02 Å². The molecule has 3 amide bonds. The van der Waals surface area contributed by atoms with Gasteiger partial charge in [0.1, 0.15) is 0 Å². The molecule has 0 aliphatic carbocycles. The second kappa shape index (κ2) is 8.26. The molecule has 0 saturated heterocycles. The van der Waals surface area contributed by atoms with Crippen LogP contribution in [-0.2, 0) is 14.4 Å². The highest BCUT2D eigenvalue weighted by molar-refractivity contribution is 6.30. The Morgan fingerprint density at radius 3 is 2.38 bits per heavy atom. The van der Waals surface area contributed by atoms with Gasteiger partial charge >= 0.3 is 0 Å². The highest BCUT2D eigenvalue weighted by Crippen LogP contribution is 2.13. The lowest BCUT2D eigenvalue weighted by molar-refractivity contribution is -0.133. The highest BCUT2D eigenvalue weighted by atomic mass is 35.5. The van der Waals surface area contributed by atoms with E-state index < -0.39 is 0 Å². The van der Waals surface area contributed by atoms with Gasteiger partial charge < -0.3 is 15.5 Å². The molecule has 1 aromatic carbocycles. The number of anilines is 1. The van der Waals surface area contributed by atoms with Crippen molar-refractivity contribution < 1.29 is 14.4 Å². The van der Waals surface area contributed by atoms with Gasteiger partial charge in [-0.05, 0) is 24.3 Å². The van der Waals surface area contributed by atoms with Crippen molar-refractivity contribution in [2.75, 3.05) is 25.5 Å². The van der Waals surface area contributed by atoms with Crippen LogP contribution in [0, 0.1) is 0 Å². The molecular weight excluding hydrogens is 294 g/mol. The summed E-state index contributed by atoms with van der Waals surface area (Å²) < 4.78 is 0. The minimum absolute atomic E-state index is 0.0540. The quantitative estimate of drug-likeness (QED) is 0.830. The monoisotopic (exact) mass is 311 g/mol. The first-order valence-electron chi connectivity index (χ1n) is 6.42. The Morgan fingerprint density at radius 2 is 1.81 bits per heavy atom. The number of benzene rings is 1. The van der Waals surface area contributed by atoms with Gasteiger partial charge in [0, 0.05) is 37.6 Å². The number of carbonyl (C=O) groups is 3. The number of hydrogen-bond donors (Lipinski definition) is 2. The number of likely N-dealkylation sites (N-methyl/N-ethyl adjacent to an activating group) is 1. The van der Waals surface area contributed by atoms with Crippen molar-refractivity contribution in [3.8, 4) is 0 Å². The van der Waals surface area contributed by atoms with Crippen molar-refractivity contribution in [1.29, 1.82) is 0 Å². The van der Waals surface area contributed by atoms with E-state index in [0.29, 0.717) is 10.7 Å². The molecule has 0 aliphatic rings. The average molecular weight is 312 g/mol. The van der Waals surface area contributed by atoms with Crippen LogP contribution >= 0.6 is 11.6 Å². The lowest BCUT2D eigenvalue weighted by atomic mass is 10.3. The third kappa shape index (κ3) is 6.76. The minimum atomic E-state index is -0.298. The smallest absolute Gasteiger partial charge is 0.243 e. The fourth-order valence-electron chi connectivity index (χ4n) is 1.57. The number of rotatable bonds is 6. The van der Waals surface area contributed by atoms with Gasteiger partial charge in [0.2, 0.25) is 17.7 Å². The van der Waals surface area contributed by atoms with Crippen molar-refractivity contribution in [3.63, 3.8) is 0 Å². The summed E-state index contributed by atoms with van der Waals surface area (Å²) in [6.07, 6.45) is 0.157.